The fourth-order valence-corrected chi connectivity index (χ4v) is 1.58. The van der Waals surface area contributed by atoms with Crippen LogP contribution in [0.15, 0.2) is 16.5 Å². The first kappa shape index (κ1) is 13.7. The average molecular weight is 241 g/mol. The van der Waals surface area contributed by atoms with E-state index in [0.717, 1.165) is 6.42 Å². The largest absolute Gasteiger partial charge is 0.475 e. The van der Waals surface area contributed by atoms with Gasteiger partial charge in [-0.25, -0.2) is 4.79 Å². The van der Waals surface area contributed by atoms with Gasteiger partial charge in [0.05, 0.1) is 12.6 Å². The van der Waals surface area contributed by atoms with Crippen LogP contribution in [0.3, 0.4) is 0 Å². The molecule has 1 rings (SSSR count). The van der Waals surface area contributed by atoms with Gasteiger partial charge in [0.2, 0.25) is 5.76 Å². The summed E-state index contributed by atoms with van der Waals surface area (Å²) in [6, 6.07) is 3.04. The minimum absolute atomic E-state index is 0.0653. The Morgan fingerprint density at radius 1 is 1.47 bits per heavy atom. The standard InChI is InChI=1S/C12H19NO4/c1-8(2)5-9(14)6-13-7-10-3-4-11(17-10)12(15)16/h3-4,8-9,13-14H,5-7H2,1-2H3,(H,15,16). The number of aliphatic hydroxyl groups is 1. The molecular weight excluding hydrogens is 222 g/mol. The lowest BCUT2D eigenvalue weighted by atomic mass is 10.1. The Balaban J connectivity index is 2.28. The van der Waals surface area contributed by atoms with E-state index in [1.165, 1.54) is 6.07 Å². The number of furan rings is 1. The Morgan fingerprint density at radius 3 is 2.71 bits per heavy atom. The Hall–Kier alpha value is -1.33. The summed E-state index contributed by atoms with van der Waals surface area (Å²) in [5.41, 5.74) is 0. The molecule has 1 unspecified atom stereocenters. The van der Waals surface area contributed by atoms with Crippen molar-refractivity contribution in [3.05, 3.63) is 23.7 Å². The van der Waals surface area contributed by atoms with E-state index in [1.54, 1.807) is 6.07 Å². The molecule has 0 amide bonds. The molecule has 0 radical (unpaired) electrons. The first-order valence-electron chi connectivity index (χ1n) is 5.69. The highest BCUT2D eigenvalue weighted by Crippen LogP contribution is 2.08. The number of hydrogen-bond acceptors (Lipinski definition) is 4. The maximum Gasteiger partial charge on any atom is 0.371 e. The summed E-state index contributed by atoms with van der Waals surface area (Å²) in [6.45, 7) is 4.99. The van der Waals surface area contributed by atoms with Gasteiger partial charge in [-0.3, -0.25) is 0 Å². The van der Waals surface area contributed by atoms with E-state index >= 15 is 0 Å². The number of carboxylic acid groups (broad SMARTS) is 1. The minimum atomic E-state index is -1.07. The van der Waals surface area contributed by atoms with Crippen molar-refractivity contribution < 1.29 is 19.4 Å². The Bertz CT molecular complexity index is 359. The van der Waals surface area contributed by atoms with Gasteiger partial charge in [-0.2, -0.15) is 0 Å². The summed E-state index contributed by atoms with van der Waals surface area (Å²) >= 11 is 0. The Labute approximate surface area is 100 Å². The second kappa shape index (κ2) is 6.42. The van der Waals surface area contributed by atoms with Crippen LogP contribution in [-0.2, 0) is 6.54 Å². The van der Waals surface area contributed by atoms with E-state index < -0.39 is 5.97 Å². The second-order valence-electron chi connectivity index (χ2n) is 4.49. The van der Waals surface area contributed by atoms with Crippen LogP contribution in [0.25, 0.3) is 0 Å². The molecule has 0 aliphatic carbocycles. The van der Waals surface area contributed by atoms with Crippen molar-refractivity contribution >= 4 is 5.97 Å². The van der Waals surface area contributed by atoms with Crippen LogP contribution < -0.4 is 5.32 Å². The second-order valence-corrected chi connectivity index (χ2v) is 4.49. The molecule has 0 spiro atoms. The zero-order chi connectivity index (χ0) is 12.8. The molecule has 1 heterocycles. The number of rotatable bonds is 7. The summed E-state index contributed by atoms with van der Waals surface area (Å²) in [4.78, 5) is 10.6. The van der Waals surface area contributed by atoms with Crippen LogP contribution in [-0.4, -0.2) is 28.8 Å². The average Bonchev–Trinajstić information content (AvgIpc) is 2.65. The number of hydrogen-bond donors (Lipinski definition) is 3. The summed E-state index contributed by atoms with van der Waals surface area (Å²) in [5.74, 6) is -0.131. The SMILES string of the molecule is CC(C)CC(O)CNCc1ccc(C(=O)O)o1. The molecule has 3 N–H and O–H groups in total. The van der Waals surface area contributed by atoms with E-state index in [-0.39, 0.29) is 11.9 Å². The molecule has 0 saturated heterocycles. The van der Waals surface area contributed by atoms with E-state index in [1.807, 2.05) is 0 Å². The highest BCUT2D eigenvalue weighted by atomic mass is 16.4. The van der Waals surface area contributed by atoms with Crippen LogP contribution in [0.4, 0.5) is 0 Å². The van der Waals surface area contributed by atoms with Gasteiger partial charge in [-0.15, -0.1) is 0 Å². The number of aliphatic hydroxyl groups excluding tert-OH is 1. The fraction of sp³-hybridized carbons (Fsp3) is 0.583. The van der Waals surface area contributed by atoms with E-state index in [4.69, 9.17) is 9.52 Å². The monoisotopic (exact) mass is 241 g/mol. The predicted molar refractivity (Wildman–Crippen MR) is 62.8 cm³/mol. The van der Waals surface area contributed by atoms with E-state index in [2.05, 4.69) is 19.2 Å². The van der Waals surface area contributed by atoms with Gasteiger partial charge in [-0.05, 0) is 24.5 Å². The fourth-order valence-electron chi connectivity index (χ4n) is 1.58. The lowest BCUT2D eigenvalue weighted by Crippen LogP contribution is -2.27. The molecular formula is C12H19NO4. The molecule has 0 aliphatic rings. The summed E-state index contributed by atoms with van der Waals surface area (Å²) in [7, 11) is 0. The number of carbonyl (C=O) groups is 1. The Kier molecular flexibility index (Phi) is 5.18. The third kappa shape index (κ3) is 5.01. The zero-order valence-electron chi connectivity index (χ0n) is 10.1. The lowest BCUT2D eigenvalue weighted by Gasteiger charge is -2.13. The lowest BCUT2D eigenvalue weighted by molar-refractivity contribution is 0.0659. The molecule has 96 valence electrons. The normalized spacial score (nSPS) is 12.9. The smallest absolute Gasteiger partial charge is 0.371 e. The minimum Gasteiger partial charge on any atom is -0.475 e. The van der Waals surface area contributed by atoms with Crippen LogP contribution in [0, 0.1) is 5.92 Å². The van der Waals surface area contributed by atoms with E-state index in [9.17, 15) is 9.90 Å². The van der Waals surface area contributed by atoms with Gasteiger partial charge in [0.25, 0.3) is 0 Å². The highest BCUT2D eigenvalue weighted by molar-refractivity contribution is 5.84. The van der Waals surface area contributed by atoms with Crippen molar-refractivity contribution in [1.82, 2.24) is 5.32 Å². The maximum atomic E-state index is 10.6. The Morgan fingerprint density at radius 2 is 2.18 bits per heavy atom. The van der Waals surface area contributed by atoms with Gasteiger partial charge in [0.1, 0.15) is 5.76 Å². The molecule has 1 aromatic heterocycles. The van der Waals surface area contributed by atoms with Gasteiger partial charge in [0.15, 0.2) is 0 Å². The molecule has 0 aromatic carbocycles. The molecule has 0 aliphatic heterocycles. The first-order chi connectivity index (χ1) is 7.99. The molecule has 1 atom stereocenters. The molecule has 17 heavy (non-hydrogen) atoms. The third-order valence-corrected chi connectivity index (χ3v) is 2.30. The van der Waals surface area contributed by atoms with Crippen molar-refractivity contribution in [1.29, 1.82) is 0 Å². The number of carboxylic acids is 1. The van der Waals surface area contributed by atoms with Crippen molar-refractivity contribution in [3.63, 3.8) is 0 Å². The number of aromatic carboxylic acids is 1. The number of nitrogens with one attached hydrogen (secondary N) is 1. The maximum absolute atomic E-state index is 10.6. The van der Waals surface area contributed by atoms with Crippen molar-refractivity contribution in [3.8, 4) is 0 Å². The third-order valence-electron chi connectivity index (χ3n) is 2.30. The predicted octanol–water partition coefficient (Wildman–Crippen LogP) is 1.47. The van der Waals surface area contributed by atoms with Crippen LogP contribution in [0.2, 0.25) is 0 Å². The van der Waals surface area contributed by atoms with Gasteiger partial charge < -0.3 is 19.9 Å². The van der Waals surface area contributed by atoms with Crippen LogP contribution in [0.1, 0.15) is 36.6 Å². The molecule has 5 nitrogen and oxygen atoms in total. The molecule has 1 aromatic rings. The highest BCUT2D eigenvalue weighted by Gasteiger charge is 2.10. The molecule has 0 fully saturated rings. The van der Waals surface area contributed by atoms with Gasteiger partial charge >= 0.3 is 5.97 Å². The molecule has 0 bridgehead atoms. The van der Waals surface area contributed by atoms with Gasteiger partial charge in [-0.1, -0.05) is 13.8 Å². The van der Waals surface area contributed by atoms with Crippen molar-refractivity contribution in [2.75, 3.05) is 6.54 Å². The summed E-state index contributed by atoms with van der Waals surface area (Å²) in [5, 5.41) is 21.3. The quantitative estimate of drug-likeness (QED) is 0.673. The zero-order valence-corrected chi connectivity index (χ0v) is 10.1. The van der Waals surface area contributed by atoms with Crippen LogP contribution >= 0.6 is 0 Å². The summed E-state index contributed by atoms with van der Waals surface area (Å²) < 4.78 is 5.06. The first-order valence-corrected chi connectivity index (χ1v) is 5.69. The van der Waals surface area contributed by atoms with Crippen LogP contribution in [0.5, 0.6) is 0 Å². The molecule has 5 heteroatoms. The molecule has 0 saturated carbocycles. The topological polar surface area (TPSA) is 82.7 Å². The summed E-state index contributed by atoms with van der Waals surface area (Å²) in [6.07, 6.45) is 0.356. The van der Waals surface area contributed by atoms with Crippen molar-refractivity contribution in [2.45, 2.75) is 32.9 Å². The van der Waals surface area contributed by atoms with Gasteiger partial charge in [0, 0.05) is 6.54 Å². The van der Waals surface area contributed by atoms with E-state index in [0.29, 0.717) is 24.8 Å². The van der Waals surface area contributed by atoms with Crippen molar-refractivity contribution in [2.24, 2.45) is 5.92 Å².